The van der Waals surface area contributed by atoms with E-state index in [4.69, 9.17) is 10.5 Å². The van der Waals surface area contributed by atoms with E-state index >= 15 is 0 Å². The number of carbonyl (C=O) groups excluding carboxylic acids is 3. The minimum atomic E-state index is -0.911. The summed E-state index contributed by atoms with van der Waals surface area (Å²) in [5.41, 5.74) is 8.09. The highest BCUT2D eigenvalue weighted by molar-refractivity contribution is 6.02. The summed E-state index contributed by atoms with van der Waals surface area (Å²) in [5.74, 6) is -0.455. The van der Waals surface area contributed by atoms with Crippen molar-refractivity contribution in [2.45, 2.75) is 19.4 Å². The number of carbonyl (C=O) groups is 3. The summed E-state index contributed by atoms with van der Waals surface area (Å²) in [7, 11) is 1.75. The first-order chi connectivity index (χ1) is 13.9. The molecule has 0 radical (unpaired) electrons. The minimum Gasteiger partial charge on any atom is -0.489 e. The summed E-state index contributed by atoms with van der Waals surface area (Å²) >= 11 is 0. The summed E-state index contributed by atoms with van der Waals surface area (Å²) in [6, 6.07) is 13.8. The summed E-state index contributed by atoms with van der Waals surface area (Å²) < 4.78 is 5.60. The maximum atomic E-state index is 12.2. The van der Waals surface area contributed by atoms with E-state index in [2.05, 4.69) is 10.6 Å². The Morgan fingerprint density at radius 2 is 1.93 bits per heavy atom. The predicted molar refractivity (Wildman–Crippen MR) is 112 cm³/mol. The lowest BCUT2D eigenvalue weighted by atomic mass is 10.1. The predicted octanol–water partition coefficient (Wildman–Crippen LogP) is 1.75. The number of para-hydroxylation sites is 2. The van der Waals surface area contributed by atoms with E-state index in [0.717, 1.165) is 22.9 Å². The largest absolute Gasteiger partial charge is 0.489 e. The number of rotatable bonds is 10. The minimum absolute atomic E-state index is 0.0710. The molecule has 0 aliphatic rings. The lowest BCUT2D eigenvalue weighted by Crippen LogP contribution is -2.42. The van der Waals surface area contributed by atoms with E-state index in [1.807, 2.05) is 43.3 Å². The number of nitrogens with two attached hydrogens (primary N) is 1. The molecule has 0 aliphatic heterocycles. The Balaban J connectivity index is 1.92. The smallest absolute Gasteiger partial charge is 0.267 e. The van der Waals surface area contributed by atoms with Gasteiger partial charge in [-0.1, -0.05) is 42.0 Å². The van der Waals surface area contributed by atoms with Gasteiger partial charge in [-0.15, -0.1) is 0 Å². The Morgan fingerprint density at radius 1 is 1.17 bits per heavy atom. The molecule has 1 atom stereocenters. The molecule has 2 aromatic carbocycles. The van der Waals surface area contributed by atoms with Crippen LogP contribution in [0.2, 0.25) is 0 Å². The molecule has 0 aromatic heterocycles. The molecule has 4 N–H and O–H groups in total. The first kappa shape index (κ1) is 21.7. The molecule has 152 valence electrons. The van der Waals surface area contributed by atoms with Gasteiger partial charge in [-0.3, -0.25) is 9.59 Å². The molecule has 1 amide bonds. The molecule has 7 heteroatoms. The highest BCUT2D eigenvalue weighted by Crippen LogP contribution is 2.22. The van der Waals surface area contributed by atoms with Crippen molar-refractivity contribution < 1.29 is 19.1 Å². The van der Waals surface area contributed by atoms with Crippen LogP contribution >= 0.6 is 0 Å². The quantitative estimate of drug-likeness (QED) is 0.418. The third kappa shape index (κ3) is 6.80. The van der Waals surface area contributed by atoms with Crippen LogP contribution in [0.25, 0.3) is 0 Å². The SMILES string of the molecule is CNc1ccccc1OC[C@@H](C=O)NC(=O)C(N)=CC(=O)Cc1cccc(C)c1. The molecular weight excluding hydrogens is 370 g/mol. The number of nitrogens with one attached hydrogen (secondary N) is 2. The van der Waals surface area contributed by atoms with E-state index in [1.165, 1.54) is 0 Å². The first-order valence-corrected chi connectivity index (χ1v) is 9.14. The molecule has 2 aromatic rings. The second-order valence-electron chi connectivity index (χ2n) is 6.51. The Bertz CT molecular complexity index is 908. The second kappa shape index (κ2) is 10.7. The lowest BCUT2D eigenvalue weighted by Gasteiger charge is -2.16. The molecule has 0 aliphatic carbocycles. The number of allylic oxidation sites excluding steroid dienone is 1. The van der Waals surface area contributed by atoms with Crippen LogP contribution in [-0.2, 0) is 20.8 Å². The Hall–Kier alpha value is -3.61. The van der Waals surface area contributed by atoms with Gasteiger partial charge in [0, 0.05) is 19.5 Å². The highest BCUT2D eigenvalue weighted by atomic mass is 16.5. The van der Waals surface area contributed by atoms with E-state index in [1.54, 1.807) is 19.2 Å². The van der Waals surface area contributed by atoms with Crippen molar-refractivity contribution >= 4 is 23.7 Å². The monoisotopic (exact) mass is 395 g/mol. The summed E-state index contributed by atoms with van der Waals surface area (Å²) in [6.45, 7) is 1.86. The normalized spacial score (nSPS) is 12.0. The van der Waals surface area contributed by atoms with Crippen molar-refractivity contribution in [1.82, 2.24) is 5.32 Å². The Labute approximate surface area is 169 Å². The van der Waals surface area contributed by atoms with Gasteiger partial charge in [0.2, 0.25) is 0 Å². The Morgan fingerprint density at radius 3 is 2.62 bits per heavy atom. The third-order valence-corrected chi connectivity index (χ3v) is 4.10. The molecule has 7 nitrogen and oxygen atoms in total. The van der Waals surface area contributed by atoms with Crippen molar-refractivity contribution in [1.29, 1.82) is 0 Å². The topological polar surface area (TPSA) is 111 Å². The van der Waals surface area contributed by atoms with Crippen molar-refractivity contribution in [3.05, 3.63) is 71.4 Å². The van der Waals surface area contributed by atoms with Crippen LogP contribution in [-0.4, -0.2) is 37.7 Å². The van der Waals surface area contributed by atoms with E-state index in [9.17, 15) is 14.4 Å². The van der Waals surface area contributed by atoms with E-state index in [0.29, 0.717) is 12.0 Å². The zero-order valence-electron chi connectivity index (χ0n) is 16.5. The van der Waals surface area contributed by atoms with Gasteiger partial charge in [0.15, 0.2) is 5.78 Å². The summed E-state index contributed by atoms with van der Waals surface area (Å²) in [4.78, 5) is 35.6. The van der Waals surface area contributed by atoms with E-state index < -0.39 is 11.9 Å². The van der Waals surface area contributed by atoms with Crippen LogP contribution in [0, 0.1) is 6.92 Å². The molecule has 0 saturated heterocycles. The fourth-order valence-corrected chi connectivity index (χ4v) is 2.66. The molecule has 29 heavy (non-hydrogen) atoms. The lowest BCUT2D eigenvalue weighted by molar-refractivity contribution is -0.121. The van der Waals surface area contributed by atoms with Gasteiger partial charge in [0.1, 0.15) is 30.4 Å². The highest BCUT2D eigenvalue weighted by Gasteiger charge is 2.16. The van der Waals surface area contributed by atoms with Crippen molar-refractivity contribution in [2.75, 3.05) is 19.0 Å². The van der Waals surface area contributed by atoms with Crippen molar-refractivity contribution in [2.24, 2.45) is 5.73 Å². The summed E-state index contributed by atoms with van der Waals surface area (Å²) in [5, 5.41) is 5.43. The molecule has 0 spiro atoms. The fourth-order valence-electron chi connectivity index (χ4n) is 2.66. The van der Waals surface area contributed by atoms with Crippen LogP contribution in [0.5, 0.6) is 5.75 Å². The standard InChI is InChI=1S/C22H25N3O4/c1-15-6-5-7-16(10-15)11-18(27)12-19(23)22(28)25-17(13-26)14-29-21-9-4-3-8-20(21)24-2/h3-10,12-13,17,24H,11,14,23H2,1-2H3,(H,25,28)/t17-/m1/s1. The second-order valence-corrected chi connectivity index (χ2v) is 6.51. The maximum absolute atomic E-state index is 12.2. The van der Waals surface area contributed by atoms with Gasteiger partial charge in [0.05, 0.1) is 5.69 Å². The number of aldehydes is 1. The Kier molecular flexibility index (Phi) is 7.97. The van der Waals surface area contributed by atoms with Gasteiger partial charge in [-0.2, -0.15) is 0 Å². The van der Waals surface area contributed by atoms with Crippen LogP contribution in [0.4, 0.5) is 5.69 Å². The average molecular weight is 395 g/mol. The average Bonchev–Trinajstić information content (AvgIpc) is 2.70. The maximum Gasteiger partial charge on any atom is 0.267 e. The summed E-state index contributed by atoms with van der Waals surface area (Å²) in [6.07, 6.45) is 1.77. The number of hydrogen-bond donors (Lipinski definition) is 3. The van der Waals surface area contributed by atoms with Gasteiger partial charge in [-0.25, -0.2) is 0 Å². The number of ether oxygens (including phenoxy) is 1. The molecule has 0 saturated carbocycles. The molecule has 2 rings (SSSR count). The number of hydrogen-bond acceptors (Lipinski definition) is 6. The number of ketones is 1. The van der Waals surface area contributed by atoms with Crippen LogP contribution in [0.3, 0.4) is 0 Å². The molecule has 0 heterocycles. The molecular formula is C22H25N3O4. The van der Waals surface area contributed by atoms with Crippen LogP contribution in [0.15, 0.2) is 60.3 Å². The van der Waals surface area contributed by atoms with E-state index in [-0.39, 0.29) is 24.5 Å². The number of aryl methyl sites for hydroxylation is 1. The van der Waals surface area contributed by atoms with Crippen LogP contribution in [0.1, 0.15) is 11.1 Å². The first-order valence-electron chi connectivity index (χ1n) is 9.14. The van der Waals surface area contributed by atoms with Crippen LogP contribution < -0.4 is 21.1 Å². The number of anilines is 1. The molecule has 0 bridgehead atoms. The molecule has 0 unspecified atom stereocenters. The third-order valence-electron chi connectivity index (χ3n) is 4.10. The zero-order chi connectivity index (χ0) is 21.2. The van der Waals surface area contributed by atoms with Gasteiger partial charge in [-0.05, 0) is 24.6 Å². The zero-order valence-corrected chi connectivity index (χ0v) is 16.5. The molecule has 0 fully saturated rings. The van der Waals surface area contributed by atoms with Gasteiger partial charge >= 0.3 is 0 Å². The van der Waals surface area contributed by atoms with Gasteiger partial charge in [0.25, 0.3) is 5.91 Å². The number of amides is 1. The van der Waals surface area contributed by atoms with Crippen molar-refractivity contribution in [3.63, 3.8) is 0 Å². The number of benzene rings is 2. The van der Waals surface area contributed by atoms with Crippen molar-refractivity contribution in [3.8, 4) is 5.75 Å². The fraction of sp³-hybridized carbons (Fsp3) is 0.227. The van der Waals surface area contributed by atoms with Gasteiger partial charge < -0.3 is 25.9 Å².